The minimum Gasteiger partial charge on any atom is -0.185 e. The Balaban J connectivity index is 4.03. The molecule has 66 valence electrons. The molecule has 0 saturated carbocycles. The average Bonchev–Trinajstić information content (AvgIpc) is 1.97. The van der Waals surface area contributed by atoms with Gasteiger partial charge in [0.05, 0.1) is 0 Å². The predicted molar refractivity (Wildman–Crippen MR) is 48.4 cm³/mol. The molecule has 0 aliphatic rings. The zero-order chi connectivity index (χ0) is 8.69. The van der Waals surface area contributed by atoms with Gasteiger partial charge in [0, 0.05) is 4.86 Å². The number of hydrogen-bond acceptors (Lipinski definition) is 2. The highest BCUT2D eigenvalue weighted by Crippen LogP contribution is 2.01. The third-order valence-electron chi connectivity index (χ3n) is 1.57. The fraction of sp³-hybridized carbons (Fsp3) is 0.875. The largest absolute Gasteiger partial charge is 0.213 e. The van der Waals surface area contributed by atoms with Gasteiger partial charge in [-0.2, -0.15) is 8.42 Å². The van der Waals surface area contributed by atoms with Crippen molar-refractivity contribution in [1.82, 2.24) is 0 Å². The Hall–Kier alpha value is -0.310. The van der Waals surface area contributed by atoms with Crippen LogP contribution >= 0.6 is 0 Å². The van der Waals surface area contributed by atoms with Crippen LogP contribution in [-0.4, -0.2) is 13.3 Å². The fourth-order valence-corrected chi connectivity index (χ4v) is 1.63. The van der Waals surface area contributed by atoms with E-state index in [0.29, 0.717) is 4.86 Å². The van der Waals surface area contributed by atoms with Crippen LogP contribution in [0.15, 0.2) is 0 Å². The molecule has 0 aromatic rings. The molecular formula is C8H16O2S. The highest BCUT2D eigenvalue weighted by atomic mass is 32.2. The van der Waals surface area contributed by atoms with Gasteiger partial charge in [-0.05, 0) is 19.3 Å². The smallest absolute Gasteiger partial charge is 0.185 e. The third kappa shape index (κ3) is 5.01. The van der Waals surface area contributed by atoms with E-state index in [0.717, 1.165) is 32.1 Å². The van der Waals surface area contributed by atoms with Crippen molar-refractivity contribution in [2.24, 2.45) is 0 Å². The van der Waals surface area contributed by atoms with Crippen LogP contribution in [0.5, 0.6) is 0 Å². The standard InChI is InChI=1S/C8H16O2S/c1-3-5-7-8(6-4-2)11(9)10/h3-7H2,1-2H3. The molecule has 0 spiro atoms. The van der Waals surface area contributed by atoms with Crippen molar-refractivity contribution in [3.05, 3.63) is 0 Å². The van der Waals surface area contributed by atoms with E-state index in [9.17, 15) is 8.42 Å². The van der Waals surface area contributed by atoms with E-state index >= 15 is 0 Å². The van der Waals surface area contributed by atoms with Crippen molar-refractivity contribution in [3.63, 3.8) is 0 Å². The van der Waals surface area contributed by atoms with Gasteiger partial charge in [-0.15, -0.1) is 0 Å². The summed E-state index contributed by atoms with van der Waals surface area (Å²) < 4.78 is 21.1. The molecule has 0 radical (unpaired) electrons. The molecule has 0 aromatic carbocycles. The van der Waals surface area contributed by atoms with Gasteiger partial charge < -0.3 is 0 Å². The first kappa shape index (κ1) is 10.7. The monoisotopic (exact) mass is 176 g/mol. The maximum absolute atomic E-state index is 10.6. The Morgan fingerprint density at radius 3 is 2.09 bits per heavy atom. The Kier molecular flexibility index (Phi) is 6.22. The van der Waals surface area contributed by atoms with Crippen LogP contribution in [0, 0.1) is 0 Å². The van der Waals surface area contributed by atoms with Crippen molar-refractivity contribution >= 4 is 15.2 Å². The van der Waals surface area contributed by atoms with E-state index in [4.69, 9.17) is 0 Å². The van der Waals surface area contributed by atoms with Crippen LogP contribution in [0.4, 0.5) is 0 Å². The van der Waals surface area contributed by atoms with E-state index in [1.54, 1.807) is 0 Å². The molecular weight excluding hydrogens is 160 g/mol. The number of unbranched alkanes of at least 4 members (excludes halogenated alkanes) is 1. The fourth-order valence-electron chi connectivity index (χ4n) is 0.944. The molecule has 0 N–H and O–H groups in total. The topological polar surface area (TPSA) is 34.1 Å². The van der Waals surface area contributed by atoms with E-state index < -0.39 is 10.3 Å². The van der Waals surface area contributed by atoms with Crippen LogP contribution in [0.25, 0.3) is 0 Å². The summed E-state index contributed by atoms with van der Waals surface area (Å²) in [4.78, 5) is 0.689. The SMILES string of the molecule is CCCCC(CCC)=S(=O)=O. The highest BCUT2D eigenvalue weighted by molar-refractivity contribution is 7.73. The molecule has 0 aliphatic carbocycles. The molecule has 0 amide bonds. The molecule has 3 heteroatoms. The van der Waals surface area contributed by atoms with Gasteiger partial charge in [0.2, 0.25) is 10.3 Å². The lowest BCUT2D eigenvalue weighted by molar-refractivity contribution is 0.625. The molecule has 0 atom stereocenters. The van der Waals surface area contributed by atoms with Crippen LogP contribution in [-0.2, 0) is 10.3 Å². The van der Waals surface area contributed by atoms with Gasteiger partial charge in [0.1, 0.15) is 0 Å². The minimum atomic E-state index is -1.94. The van der Waals surface area contributed by atoms with Gasteiger partial charge in [-0.1, -0.05) is 26.7 Å². The number of rotatable bonds is 5. The molecule has 0 aromatic heterocycles. The third-order valence-corrected chi connectivity index (χ3v) is 2.45. The van der Waals surface area contributed by atoms with Crippen LogP contribution in [0.1, 0.15) is 46.0 Å². The van der Waals surface area contributed by atoms with Crippen molar-refractivity contribution in [2.75, 3.05) is 0 Å². The normalized spacial score (nSPS) is 9.64. The Bertz CT molecular complexity index is 206. The van der Waals surface area contributed by atoms with Crippen molar-refractivity contribution in [3.8, 4) is 0 Å². The molecule has 0 rings (SSSR count). The molecule has 2 nitrogen and oxygen atoms in total. The molecule has 0 saturated heterocycles. The van der Waals surface area contributed by atoms with Gasteiger partial charge in [0.15, 0.2) is 0 Å². The lowest BCUT2D eigenvalue weighted by Gasteiger charge is -1.97. The average molecular weight is 176 g/mol. The molecule has 11 heavy (non-hydrogen) atoms. The van der Waals surface area contributed by atoms with E-state index in [1.807, 2.05) is 6.92 Å². The molecule has 0 aliphatic heterocycles. The first-order valence-corrected chi connectivity index (χ1v) is 5.23. The van der Waals surface area contributed by atoms with Gasteiger partial charge in [0.25, 0.3) is 0 Å². The first-order chi connectivity index (χ1) is 5.22. The van der Waals surface area contributed by atoms with Crippen molar-refractivity contribution in [2.45, 2.75) is 46.0 Å². The first-order valence-electron chi connectivity index (χ1n) is 4.16. The summed E-state index contributed by atoms with van der Waals surface area (Å²) in [5.74, 6) is 0. The summed E-state index contributed by atoms with van der Waals surface area (Å²) in [7, 11) is -1.94. The summed E-state index contributed by atoms with van der Waals surface area (Å²) in [5.41, 5.74) is 0. The minimum absolute atomic E-state index is 0.689. The second-order valence-electron chi connectivity index (χ2n) is 2.63. The van der Waals surface area contributed by atoms with E-state index in [-0.39, 0.29) is 0 Å². The van der Waals surface area contributed by atoms with E-state index in [1.165, 1.54) is 0 Å². The van der Waals surface area contributed by atoms with Gasteiger partial charge in [-0.3, -0.25) is 0 Å². The predicted octanol–water partition coefficient (Wildman–Crippen LogP) is 2.03. The maximum Gasteiger partial charge on any atom is 0.213 e. The number of hydrogen-bond donors (Lipinski definition) is 0. The lowest BCUT2D eigenvalue weighted by atomic mass is 10.1. The second-order valence-corrected chi connectivity index (χ2v) is 3.67. The highest BCUT2D eigenvalue weighted by Gasteiger charge is 1.98. The summed E-state index contributed by atoms with van der Waals surface area (Å²) >= 11 is 0. The Morgan fingerprint density at radius 2 is 1.73 bits per heavy atom. The maximum atomic E-state index is 10.6. The Morgan fingerprint density at radius 1 is 1.09 bits per heavy atom. The molecule has 0 bridgehead atoms. The quantitative estimate of drug-likeness (QED) is 0.601. The molecule has 0 unspecified atom stereocenters. The summed E-state index contributed by atoms with van der Waals surface area (Å²) in [6.07, 6.45) is 4.46. The zero-order valence-corrected chi connectivity index (χ0v) is 8.08. The lowest BCUT2D eigenvalue weighted by Crippen LogP contribution is -1.98. The summed E-state index contributed by atoms with van der Waals surface area (Å²) in [6, 6.07) is 0. The molecule has 0 heterocycles. The van der Waals surface area contributed by atoms with Crippen LogP contribution < -0.4 is 0 Å². The van der Waals surface area contributed by atoms with Crippen LogP contribution in [0.3, 0.4) is 0 Å². The van der Waals surface area contributed by atoms with Gasteiger partial charge in [-0.25, -0.2) is 0 Å². The van der Waals surface area contributed by atoms with Crippen molar-refractivity contribution in [1.29, 1.82) is 0 Å². The summed E-state index contributed by atoms with van der Waals surface area (Å²) in [6.45, 7) is 4.07. The molecule has 0 fully saturated rings. The zero-order valence-electron chi connectivity index (χ0n) is 7.26. The van der Waals surface area contributed by atoms with Crippen LogP contribution in [0.2, 0.25) is 0 Å². The van der Waals surface area contributed by atoms with Gasteiger partial charge >= 0.3 is 0 Å². The van der Waals surface area contributed by atoms with E-state index in [2.05, 4.69) is 6.92 Å². The second kappa shape index (κ2) is 6.40. The summed E-state index contributed by atoms with van der Waals surface area (Å²) in [5, 5.41) is 0. The van der Waals surface area contributed by atoms with Crippen molar-refractivity contribution < 1.29 is 8.42 Å². The Labute approximate surface area is 70.2 Å².